The Kier molecular flexibility index (Phi) is 4.70. The lowest BCUT2D eigenvalue weighted by atomic mass is 10.1. The highest BCUT2D eigenvalue weighted by Crippen LogP contribution is 2.24. The maximum atomic E-state index is 14.2. The molecule has 0 bridgehead atoms. The predicted octanol–water partition coefficient (Wildman–Crippen LogP) is 2.42. The summed E-state index contributed by atoms with van der Waals surface area (Å²) in [4.78, 5) is 0.158. The third-order valence-corrected chi connectivity index (χ3v) is 5.88. The van der Waals surface area contributed by atoms with Crippen molar-refractivity contribution in [3.63, 3.8) is 0 Å². The average molecular weight is 314 g/mol. The van der Waals surface area contributed by atoms with Gasteiger partial charge in [0, 0.05) is 31.2 Å². The highest BCUT2D eigenvalue weighted by molar-refractivity contribution is 7.89. The minimum absolute atomic E-state index is 0.145. The van der Waals surface area contributed by atoms with Crippen LogP contribution in [-0.2, 0) is 16.6 Å². The number of nitrogens with one attached hydrogen (secondary N) is 1. The van der Waals surface area contributed by atoms with Crippen LogP contribution in [0.15, 0.2) is 17.0 Å². The summed E-state index contributed by atoms with van der Waals surface area (Å²) in [5.41, 5.74) is 0.776. The maximum Gasteiger partial charge on any atom is 0.243 e. The standard InChI is InChI=1S/C15H23FN2O2S/c1-10(2)18(4)21(19,20)14-7-11(3)15(16)12(8-14)9-17-13-5-6-13/h7-8,10,13,17H,5-6,9H2,1-4H3. The summed E-state index contributed by atoms with van der Waals surface area (Å²) in [6, 6.07) is 3.16. The lowest BCUT2D eigenvalue weighted by molar-refractivity contribution is 0.410. The Hall–Kier alpha value is -0.980. The van der Waals surface area contributed by atoms with Crippen molar-refractivity contribution in [2.75, 3.05) is 7.05 Å². The maximum absolute atomic E-state index is 14.2. The Bertz CT molecular complexity index is 625. The number of rotatable bonds is 6. The second kappa shape index (κ2) is 6.02. The van der Waals surface area contributed by atoms with E-state index in [9.17, 15) is 12.8 Å². The molecule has 0 atom stereocenters. The van der Waals surface area contributed by atoms with Crippen LogP contribution in [0.2, 0.25) is 0 Å². The summed E-state index contributed by atoms with van der Waals surface area (Å²) in [7, 11) is -2.04. The molecule has 1 aliphatic rings. The lowest BCUT2D eigenvalue weighted by Gasteiger charge is -2.22. The first-order chi connectivity index (χ1) is 9.73. The van der Waals surface area contributed by atoms with E-state index in [0.29, 0.717) is 23.7 Å². The average Bonchev–Trinajstić information content (AvgIpc) is 3.23. The molecule has 1 N–H and O–H groups in total. The molecule has 4 nitrogen and oxygen atoms in total. The number of nitrogens with zero attached hydrogens (tertiary/aromatic N) is 1. The molecule has 2 rings (SSSR count). The topological polar surface area (TPSA) is 49.4 Å². The van der Waals surface area contributed by atoms with Crippen molar-refractivity contribution in [2.24, 2.45) is 0 Å². The summed E-state index contributed by atoms with van der Waals surface area (Å²) in [6.07, 6.45) is 2.21. The molecular weight excluding hydrogens is 291 g/mol. The van der Waals surface area contributed by atoms with Gasteiger partial charge in [-0.25, -0.2) is 12.8 Å². The first-order valence-electron chi connectivity index (χ1n) is 7.24. The zero-order chi connectivity index (χ0) is 15.8. The molecule has 0 radical (unpaired) electrons. The Labute approximate surface area is 126 Å². The van der Waals surface area contributed by atoms with Gasteiger partial charge in [-0.3, -0.25) is 0 Å². The molecule has 0 aromatic heterocycles. The van der Waals surface area contributed by atoms with E-state index in [4.69, 9.17) is 0 Å². The number of aryl methyl sites for hydroxylation is 1. The monoisotopic (exact) mass is 314 g/mol. The number of hydrogen-bond donors (Lipinski definition) is 1. The van der Waals surface area contributed by atoms with E-state index in [-0.39, 0.29) is 16.8 Å². The lowest BCUT2D eigenvalue weighted by Crippen LogP contribution is -2.33. The van der Waals surface area contributed by atoms with Gasteiger partial charge in [0.1, 0.15) is 5.82 Å². The summed E-state index contributed by atoms with van der Waals surface area (Å²) in [5.74, 6) is -0.325. The zero-order valence-electron chi connectivity index (χ0n) is 13.0. The van der Waals surface area contributed by atoms with Crippen molar-refractivity contribution < 1.29 is 12.8 Å². The molecule has 0 spiro atoms. The fraction of sp³-hybridized carbons (Fsp3) is 0.600. The van der Waals surface area contributed by atoms with E-state index < -0.39 is 10.0 Å². The van der Waals surface area contributed by atoms with Gasteiger partial charge in [-0.05, 0) is 51.3 Å². The molecular formula is C15H23FN2O2S. The van der Waals surface area contributed by atoms with Crippen molar-refractivity contribution in [3.8, 4) is 0 Å². The Morgan fingerprint density at radius 1 is 1.38 bits per heavy atom. The van der Waals surface area contributed by atoms with Gasteiger partial charge >= 0.3 is 0 Å². The fourth-order valence-electron chi connectivity index (χ4n) is 2.07. The molecule has 1 aromatic rings. The van der Waals surface area contributed by atoms with E-state index >= 15 is 0 Å². The van der Waals surface area contributed by atoms with Crippen molar-refractivity contribution >= 4 is 10.0 Å². The van der Waals surface area contributed by atoms with E-state index in [1.54, 1.807) is 14.0 Å². The highest BCUT2D eigenvalue weighted by atomic mass is 32.2. The van der Waals surface area contributed by atoms with Crippen molar-refractivity contribution in [1.82, 2.24) is 9.62 Å². The molecule has 0 amide bonds. The molecule has 1 saturated carbocycles. The van der Waals surface area contributed by atoms with Gasteiger partial charge < -0.3 is 5.32 Å². The SMILES string of the molecule is Cc1cc(S(=O)(=O)N(C)C(C)C)cc(CNC2CC2)c1F. The van der Waals surface area contributed by atoms with Gasteiger partial charge in [-0.1, -0.05) is 0 Å². The van der Waals surface area contributed by atoms with Gasteiger partial charge in [0.15, 0.2) is 0 Å². The molecule has 1 aromatic carbocycles. The van der Waals surface area contributed by atoms with Crippen LogP contribution in [0.3, 0.4) is 0 Å². The molecule has 0 saturated heterocycles. The number of sulfonamides is 1. The van der Waals surface area contributed by atoms with Crippen LogP contribution >= 0.6 is 0 Å². The summed E-state index contributed by atoms with van der Waals surface area (Å²) < 4.78 is 40.5. The first-order valence-corrected chi connectivity index (χ1v) is 8.68. The van der Waals surface area contributed by atoms with E-state index in [1.807, 2.05) is 13.8 Å². The number of benzene rings is 1. The Morgan fingerprint density at radius 2 is 2.00 bits per heavy atom. The van der Waals surface area contributed by atoms with Crippen molar-refractivity contribution in [2.45, 2.75) is 57.1 Å². The van der Waals surface area contributed by atoms with E-state index in [0.717, 1.165) is 12.8 Å². The van der Waals surface area contributed by atoms with Gasteiger partial charge in [0.05, 0.1) is 4.90 Å². The second-order valence-electron chi connectivity index (χ2n) is 5.98. The number of halogens is 1. The molecule has 1 fully saturated rings. The fourth-order valence-corrected chi connectivity index (χ4v) is 3.57. The third kappa shape index (κ3) is 3.62. The third-order valence-electron chi connectivity index (χ3n) is 3.87. The van der Waals surface area contributed by atoms with Gasteiger partial charge in [0.25, 0.3) is 0 Å². The Balaban J connectivity index is 2.35. The second-order valence-corrected chi connectivity index (χ2v) is 7.98. The van der Waals surface area contributed by atoms with Crippen LogP contribution in [0.1, 0.15) is 37.8 Å². The first kappa shape index (κ1) is 16.4. The quantitative estimate of drug-likeness (QED) is 0.877. The van der Waals surface area contributed by atoms with Crippen LogP contribution in [0.4, 0.5) is 4.39 Å². The Morgan fingerprint density at radius 3 is 2.52 bits per heavy atom. The predicted molar refractivity (Wildman–Crippen MR) is 81.1 cm³/mol. The summed E-state index contributed by atoms with van der Waals surface area (Å²) in [6.45, 7) is 5.59. The minimum Gasteiger partial charge on any atom is -0.310 e. The van der Waals surface area contributed by atoms with Gasteiger partial charge in [0.2, 0.25) is 10.0 Å². The molecule has 6 heteroatoms. The highest BCUT2D eigenvalue weighted by Gasteiger charge is 2.26. The van der Waals surface area contributed by atoms with Crippen LogP contribution in [0, 0.1) is 12.7 Å². The van der Waals surface area contributed by atoms with Crippen LogP contribution < -0.4 is 5.32 Å². The summed E-state index contributed by atoms with van der Waals surface area (Å²) in [5, 5.41) is 3.22. The molecule has 1 aliphatic carbocycles. The molecule has 0 unspecified atom stereocenters. The van der Waals surface area contributed by atoms with Crippen LogP contribution in [0.25, 0.3) is 0 Å². The largest absolute Gasteiger partial charge is 0.310 e. The zero-order valence-corrected chi connectivity index (χ0v) is 13.8. The van der Waals surface area contributed by atoms with Crippen LogP contribution in [0.5, 0.6) is 0 Å². The number of hydrogen-bond acceptors (Lipinski definition) is 3. The van der Waals surface area contributed by atoms with Crippen LogP contribution in [-0.4, -0.2) is 31.9 Å². The van der Waals surface area contributed by atoms with Gasteiger partial charge in [-0.15, -0.1) is 0 Å². The van der Waals surface area contributed by atoms with E-state index in [1.165, 1.54) is 16.4 Å². The molecule has 21 heavy (non-hydrogen) atoms. The minimum atomic E-state index is -3.58. The smallest absolute Gasteiger partial charge is 0.243 e. The normalized spacial score (nSPS) is 16.0. The van der Waals surface area contributed by atoms with Crippen molar-refractivity contribution in [3.05, 3.63) is 29.1 Å². The van der Waals surface area contributed by atoms with Gasteiger partial charge in [-0.2, -0.15) is 4.31 Å². The molecule has 0 aliphatic heterocycles. The molecule has 118 valence electrons. The molecule has 0 heterocycles. The summed E-state index contributed by atoms with van der Waals surface area (Å²) >= 11 is 0. The van der Waals surface area contributed by atoms with E-state index in [2.05, 4.69) is 5.32 Å². The van der Waals surface area contributed by atoms with Crippen molar-refractivity contribution in [1.29, 1.82) is 0 Å².